The van der Waals surface area contributed by atoms with Crippen LogP contribution in [0.3, 0.4) is 0 Å². The van der Waals surface area contributed by atoms with Gasteiger partial charge in [0.2, 0.25) is 5.82 Å². The zero-order valence-corrected chi connectivity index (χ0v) is 11.5. The van der Waals surface area contributed by atoms with Crippen LogP contribution in [-0.2, 0) is 6.18 Å². The molecule has 0 unspecified atom stereocenters. The zero-order chi connectivity index (χ0) is 14.7. The highest BCUT2D eigenvalue weighted by Gasteiger charge is 2.38. The molecule has 0 saturated carbocycles. The number of alkyl halides is 3. The van der Waals surface area contributed by atoms with Crippen molar-refractivity contribution in [3.05, 3.63) is 33.2 Å². The Morgan fingerprint density at radius 2 is 1.65 bits per heavy atom. The van der Waals surface area contributed by atoms with Gasteiger partial charge in [-0.3, -0.25) is 4.40 Å². The van der Waals surface area contributed by atoms with Crippen LogP contribution in [0, 0.1) is 0 Å². The molecular weight excluding hydrogens is 339 g/mol. The van der Waals surface area contributed by atoms with Gasteiger partial charge in [-0.05, 0) is 12.1 Å². The van der Waals surface area contributed by atoms with Gasteiger partial charge < -0.3 is 0 Å². The lowest BCUT2D eigenvalue weighted by Gasteiger charge is -2.08. The van der Waals surface area contributed by atoms with E-state index < -0.39 is 12.0 Å². The van der Waals surface area contributed by atoms with E-state index in [1.54, 1.807) is 0 Å². The van der Waals surface area contributed by atoms with Crippen molar-refractivity contribution in [2.75, 3.05) is 0 Å². The zero-order valence-electron chi connectivity index (χ0n) is 9.21. The molecule has 0 amide bonds. The third kappa shape index (κ3) is 1.97. The highest BCUT2D eigenvalue weighted by Crippen LogP contribution is 2.34. The van der Waals surface area contributed by atoms with Gasteiger partial charge >= 0.3 is 6.18 Å². The smallest absolute Gasteiger partial charge is 0.267 e. The summed E-state index contributed by atoms with van der Waals surface area (Å²) < 4.78 is 39.6. The summed E-state index contributed by atoms with van der Waals surface area (Å²) in [4.78, 5) is 3.93. The largest absolute Gasteiger partial charge is 0.452 e. The van der Waals surface area contributed by atoms with Gasteiger partial charge in [-0.1, -0.05) is 34.8 Å². The normalized spacial score (nSPS) is 12.5. The number of hydrogen-bond donors (Lipinski definition) is 0. The predicted octanol–water partition coefficient (Wildman–Crippen LogP) is 4.26. The molecule has 1 aromatic carbocycles. The fraction of sp³-hybridized carbons (Fsp3) is 0.100. The minimum Gasteiger partial charge on any atom is -0.267 e. The van der Waals surface area contributed by atoms with Crippen LogP contribution in [-0.4, -0.2) is 19.6 Å². The molecule has 20 heavy (non-hydrogen) atoms. The molecule has 0 N–H and O–H groups in total. The summed E-state index contributed by atoms with van der Waals surface area (Å²) in [6.07, 6.45) is -4.69. The monoisotopic (exact) mass is 340 g/mol. The molecule has 10 heteroatoms. The van der Waals surface area contributed by atoms with Crippen molar-refractivity contribution in [3.8, 4) is 0 Å². The minimum absolute atomic E-state index is 0.0659. The molecule has 3 rings (SSSR count). The van der Waals surface area contributed by atoms with Gasteiger partial charge in [0.1, 0.15) is 0 Å². The predicted molar refractivity (Wildman–Crippen MR) is 68.3 cm³/mol. The van der Waals surface area contributed by atoms with E-state index >= 15 is 0 Å². The number of aromatic nitrogens is 4. The first-order valence-corrected chi connectivity index (χ1v) is 6.19. The molecule has 0 bridgehead atoms. The Morgan fingerprint density at radius 3 is 2.30 bits per heavy atom. The highest BCUT2D eigenvalue weighted by molar-refractivity contribution is 6.42. The topological polar surface area (TPSA) is 43.1 Å². The lowest BCUT2D eigenvalue weighted by atomic mass is 10.3. The molecule has 0 atom stereocenters. The first-order valence-electron chi connectivity index (χ1n) is 5.05. The van der Waals surface area contributed by atoms with Gasteiger partial charge in [0, 0.05) is 0 Å². The number of nitrogens with zero attached hydrogens (tertiary/aromatic N) is 4. The van der Waals surface area contributed by atoms with Crippen LogP contribution in [0.1, 0.15) is 5.82 Å². The number of benzene rings is 1. The molecule has 2 aromatic heterocycles. The molecule has 0 aliphatic rings. The number of hydrogen-bond acceptors (Lipinski definition) is 3. The summed E-state index contributed by atoms with van der Waals surface area (Å²) in [5.41, 5.74) is 0.0169. The average Bonchev–Trinajstić information content (AvgIpc) is 2.77. The Labute approximate surface area is 124 Å². The van der Waals surface area contributed by atoms with Gasteiger partial charge in [-0.15, -0.1) is 10.2 Å². The van der Waals surface area contributed by atoms with Crippen molar-refractivity contribution in [1.29, 1.82) is 0 Å². The summed E-state index contributed by atoms with van der Waals surface area (Å²) in [6, 6.07) is 2.58. The Kier molecular flexibility index (Phi) is 2.97. The highest BCUT2D eigenvalue weighted by atomic mass is 35.5. The van der Waals surface area contributed by atoms with Crippen molar-refractivity contribution in [2.24, 2.45) is 0 Å². The van der Waals surface area contributed by atoms with Crippen molar-refractivity contribution in [2.45, 2.75) is 6.18 Å². The van der Waals surface area contributed by atoms with E-state index in [1.807, 2.05) is 0 Å². The fourth-order valence-electron chi connectivity index (χ4n) is 1.78. The van der Waals surface area contributed by atoms with Crippen LogP contribution < -0.4 is 0 Å². The molecule has 2 heterocycles. The molecular formula is C10H2Cl3F3N4. The second-order valence-electron chi connectivity index (χ2n) is 3.84. The van der Waals surface area contributed by atoms with Crippen LogP contribution in [0.4, 0.5) is 13.2 Å². The SMILES string of the molecule is FC(F)(F)c1nnc2c(Cl)nc3cc(Cl)c(Cl)cc3n12. The van der Waals surface area contributed by atoms with Crippen molar-refractivity contribution >= 4 is 51.5 Å². The standard InChI is InChI=1S/C10H2Cl3F3N4/c11-3-1-5-6(2-4(3)12)20-8(7(13)17-5)18-19-9(20)10(14,15)16/h1-2H. The number of rotatable bonds is 0. The molecule has 0 aliphatic heterocycles. The maximum Gasteiger partial charge on any atom is 0.452 e. The van der Waals surface area contributed by atoms with Crippen molar-refractivity contribution < 1.29 is 13.2 Å². The Bertz CT molecular complexity index is 843. The summed E-state index contributed by atoms with van der Waals surface area (Å²) in [7, 11) is 0. The van der Waals surface area contributed by atoms with Crippen LogP contribution in [0.2, 0.25) is 15.2 Å². The fourth-order valence-corrected chi connectivity index (χ4v) is 2.31. The molecule has 0 aliphatic carbocycles. The Balaban J connectivity index is 2.56. The third-order valence-corrected chi connectivity index (χ3v) is 3.55. The quantitative estimate of drug-likeness (QED) is 0.614. The van der Waals surface area contributed by atoms with E-state index in [4.69, 9.17) is 34.8 Å². The summed E-state index contributed by atoms with van der Waals surface area (Å²) in [6.45, 7) is 0. The van der Waals surface area contributed by atoms with Gasteiger partial charge in [0.05, 0.1) is 21.1 Å². The van der Waals surface area contributed by atoms with E-state index in [1.165, 1.54) is 12.1 Å². The molecule has 0 saturated heterocycles. The van der Waals surface area contributed by atoms with Crippen molar-refractivity contribution in [1.82, 2.24) is 19.6 Å². The third-order valence-electron chi connectivity index (χ3n) is 2.58. The Hall–Kier alpha value is -1.31. The first-order chi connectivity index (χ1) is 9.29. The van der Waals surface area contributed by atoms with Crippen LogP contribution in [0.25, 0.3) is 16.7 Å². The van der Waals surface area contributed by atoms with Gasteiger partial charge in [0.25, 0.3) is 0 Å². The van der Waals surface area contributed by atoms with E-state index in [2.05, 4.69) is 15.2 Å². The minimum atomic E-state index is -4.69. The lowest BCUT2D eigenvalue weighted by molar-refractivity contribution is -0.145. The van der Waals surface area contributed by atoms with E-state index in [9.17, 15) is 13.2 Å². The maximum atomic E-state index is 12.9. The molecule has 3 aromatic rings. The first kappa shape index (κ1) is 13.7. The molecule has 0 spiro atoms. The molecule has 0 fully saturated rings. The van der Waals surface area contributed by atoms with Gasteiger partial charge in [-0.25, -0.2) is 4.98 Å². The number of fused-ring (bicyclic) bond motifs is 3. The molecule has 4 nitrogen and oxygen atoms in total. The summed E-state index contributed by atoms with van der Waals surface area (Å²) >= 11 is 17.5. The van der Waals surface area contributed by atoms with E-state index in [0.29, 0.717) is 0 Å². The second-order valence-corrected chi connectivity index (χ2v) is 5.01. The maximum absolute atomic E-state index is 12.9. The second kappa shape index (κ2) is 4.34. The van der Waals surface area contributed by atoms with Crippen LogP contribution in [0.15, 0.2) is 12.1 Å². The van der Waals surface area contributed by atoms with E-state index in [0.717, 1.165) is 4.40 Å². The van der Waals surface area contributed by atoms with Gasteiger partial charge in [-0.2, -0.15) is 13.2 Å². The molecule has 104 valence electrons. The van der Waals surface area contributed by atoms with Crippen LogP contribution >= 0.6 is 34.8 Å². The van der Waals surface area contributed by atoms with Crippen LogP contribution in [0.5, 0.6) is 0 Å². The summed E-state index contributed by atoms with van der Waals surface area (Å²) in [5.74, 6) is -1.21. The number of halogens is 6. The van der Waals surface area contributed by atoms with Gasteiger partial charge in [0.15, 0.2) is 10.8 Å². The lowest BCUT2D eigenvalue weighted by Crippen LogP contribution is -2.11. The molecule has 0 radical (unpaired) electrons. The van der Waals surface area contributed by atoms with Crippen molar-refractivity contribution in [3.63, 3.8) is 0 Å². The summed E-state index contributed by atoms with van der Waals surface area (Å²) in [5, 5.41) is 6.56. The average molecular weight is 342 g/mol. The van der Waals surface area contributed by atoms with E-state index in [-0.39, 0.29) is 31.9 Å². The Morgan fingerprint density at radius 1 is 1.00 bits per heavy atom.